The Hall–Kier alpha value is 0.01000. The monoisotopic (exact) mass is 206 g/mol. The molecule has 60 valence electrons. The van der Waals surface area contributed by atoms with Gasteiger partial charge in [0.2, 0.25) is 0 Å². The Bertz CT molecular complexity index is 252. The molecule has 1 aromatic rings. The van der Waals surface area contributed by atoms with Crippen molar-refractivity contribution < 1.29 is 4.74 Å². The van der Waals surface area contributed by atoms with Crippen LogP contribution >= 0.6 is 34.1 Å². The number of hydrogen-bond acceptors (Lipinski definition) is 3. The molecule has 0 atom stereocenters. The maximum Gasteiger partial charge on any atom is 0.138 e. The van der Waals surface area contributed by atoms with Crippen LogP contribution in [-0.4, -0.2) is 7.11 Å². The molecule has 4 heteroatoms. The maximum absolute atomic E-state index is 5.79. The first-order valence-electron chi connectivity index (χ1n) is 2.93. The standard InChI is InChI=1S/C7H7ClOS2/c1-9-7-4-5(11-10)2-3-6(7)8/h2-4,10H,1H3. The highest BCUT2D eigenvalue weighted by Gasteiger charge is 2.00. The Labute approximate surface area is 79.9 Å². The Morgan fingerprint density at radius 3 is 2.82 bits per heavy atom. The van der Waals surface area contributed by atoms with Crippen LogP contribution in [0.5, 0.6) is 5.75 Å². The van der Waals surface area contributed by atoms with Gasteiger partial charge in [-0.1, -0.05) is 22.4 Å². The van der Waals surface area contributed by atoms with Gasteiger partial charge in [0, 0.05) is 4.90 Å². The third-order valence-corrected chi connectivity index (χ3v) is 2.64. The first-order valence-corrected chi connectivity index (χ1v) is 5.17. The molecule has 0 N–H and O–H groups in total. The van der Waals surface area contributed by atoms with Crippen molar-refractivity contribution in [2.45, 2.75) is 4.90 Å². The topological polar surface area (TPSA) is 9.23 Å². The molecule has 0 amide bonds. The maximum atomic E-state index is 5.79. The van der Waals surface area contributed by atoms with Gasteiger partial charge in [0.1, 0.15) is 5.75 Å². The van der Waals surface area contributed by atoms with Crippen LogP contribution in [0.25, 0.3) is 0 Å². The fourth-order valence-electron chi connectivity index (χ4n) is 0.697. The molecule has 0 fully saturated rings. The summed E-state index contributed by atoms with van der Waals surface area (Å²) in [6.07, 6.45) is 0. The number of ether oxygens (including phenoxy) is 1. The van der Waals surface area contributed by atoms with Crippen molar-refractivity contribution in [2.24, 2.45) is 0 Å². The average molecular weight is 207 g/mol. The lowest BCUT2D eigenvalue weighted by molar-refractivity contribution is 0.414. The van der Waals surface area contributed by atoms with E-state index in [2.05, 4.69) is 11.7 Å². The zero-order chi connectivity index (χ0) is 8.27. The van der Waals surface area contributed by atoms with E-state index in [9.17, 15) is 0 Å². The summed E-state index contributed by atoms with van der Waals surface area (Å²) in [6.45, 7) is 0. The van der Waals surface area contributed by atoms with E-state index in [0.29, 0.717) is 10.8 Å². The summed E-state index contributed by atoms with van der Waals surface area (Å²) < 4.78 is 5.01. The highest BCUT2D eigenvalue weighted by molar-refractivity contribution is 8.68. The Balaban J connectivity index is 3.02. The molecule has 0 aromatic heterocycles. The predicted molar refractivity (Wildman–Crippen MR) is 52.8 cm³/mol. The Morgan fingerprint density at radius 2 is 2.27 bits per heavy atom. The molecule has 0 saturated carbocycles. The summed E-state index contributed by atoms with van der Waals surface area (Å²) in [5, 5.41) is 0.624. The van der Waals surface area contributed by atoms with Crippen molar-refractivity contribution >= 4 is 34.1 Å². The second kappa shape index (κ2) is 4.14. The van der Waals surface area contributed by atoms with E-state index in [4.69, 9.17) is 16.3 Å². The number of halogens is 1. The predicted octanol–water partition coefficient (Wildman–Crippen LogP) is 3.29. The van der Waals surface area contributed by atoms with Crippen LogP contribution < -0.4 is 4.74 Å². The molecule has 0 spiro atoms. The van der Waals surface area contributed by atoms with E-state index >= 15 is 0 Å². The molecule has 0 radical (unpaired) electrons. The molecular weight excluding hydrogens is 200 g/mol. The molecular formula is C7H7ClOS2. The fourth-order valence-corrected chi connectivity index (χ4v) is 1.52. The molecule has 1 rings (SSSR count). The third-order valence-electron chi connectivity index (χ3n) is 1.23. The number of hydrogen-bond donors (Lipinski definition) is 1. The van der Waals surface area contributed by atoms with E-state index in [1.54, 1.807) is 13.2 Å². The smallest absolute Gasteiger partial charge is 0.138 e. The molecule has 1 aromatic carbocycles. The zero-order valence-corrected chi connectivity index (χ0v) is 8.34. The number of thiol groups is 1. The molecule has 0 aliphatic heterocycles. The van der Waals surface area contributed by atoms with Gasteiger partial charge in [-0.15, -0.1) is 11.7 Å². The van der Waals surface area contributed by atoms with Crippen molar-refractivity contribution in [3.63, 3.8) is 0 Å². The van der Waals surface area contributed by atoms with Crippen LogP contribution in [0.15, 0.2) is 23.1 Å². The number of methoxy groups -OCH3 is 1. The van der Waals surface area contributed by atoms with Gasteiger partial charge in [-0.3, -0.25) is 0 Å². The van der Waals surface area contributed by atoms with Gasteiger partial charge in [-0.25, -0.2) is 0 Å². The summed E-state index contributed by atoms with van der Waals surface area (Å²) >= 11 is 9.84. The summed E-state index contributed by atoms with van der Waals surface area (Å²) in [4.78, 5) is 1.02. The van der Waals surface area contributed by atoms with Crippen molar-refractivity contribution in [3.8, 4) is 5.75 Å². The molecule has 0 aliphatic rings. The average Bonchev–Trinajstić information content (AvgIpc) is 2.05. The van der Waals surface area contributed by atoms with Gasteiger partial charge in [-0.2, -0.15) is 0 Å². The summed E-state index contributed by atoms with van der Waals surface area (Å²) in [5.41, 5.74) is 0. The van der Waals surface area contributed by atoms with Crippen molar-refractivity contribution in [1.29, 1.82) is 0 Å². The summed E-state index contributed by atoms with van der Waals surface area (Å²) in [7, 11) is 2.95. The Morgan fingerprint density at radius 1 is 1.55 bits per heavy atom. The minimum Gasteiger partial charge on any atom is -0.495 e. The van der Waals surface area contributed by atoms with Crippen molar-refractivity contribution in [2.75, 3.05) is 7.11 Å². The zero-order valence-electron chi connectivity index (χ0n) is 5.87. The molecule has 11 heavy (non-hydrogen) atoms. The van der Waals surface area contributed by atoms with Gasteiger partial charge in [0.25, 0.3) is 0 Å². The normalized spacial score (nSPS) is 9.73. The number of benzene rings is 1. The minimum absolute atomic E-state index is 0.624. The second-order valence-corrected chi connectivity index (χ2v) is 3.50. The number of rotatable bonds is 2. The molecule has 0 heterocycles. The van der Waals surface area contributed by atoms with E-state index in [1.165, 1.54) is 10.8 Å². The van der Waals surface area contributed by atoms with Gasteiger partial charge in [0.05, 0.1) is 12.1 Å². The van der Waals surface area contributed by atoms with E-state index in [1.807, 2.05) is 12.1 Å². The molecule has 1 nitrogen and oxygen atoms in total. The van der Waals surface area contributed by atoms with E-state index in [0.717, 1.165) is 4.90 Å². The summed E-state index contributed by atoms with van der Waals surface area (Å²) in [5.74, 6) is 0.686. The SMILES string of the molecule is COc1cc(SS)ccc1Cl. The Kier molecular flexibility index (Phi) is 3.43. The van der Waals surface area contributed by atoms with Gasteiger partial charge >= 0.3 is 0 Å². The van der Waals surface area contributed by atoms with Crippen molar-refractivity contribution in [3.05, 3.63) is 23.2 Å². The highest BCUT2D eigenvalue weighted by Crippen LogP contribution is 2.30. The lowest BCUT2D eigenvalue weighted by Crippen LogP contribution is -1.83. The molecule has 0 unspecified atom stereocenters. The van der Waals surface area contributed by atoms with Gasteiger partial charge < -0.3 is 4.74 Å². The molecule has 0 bridgehead atoms. The van der Waals surface area contributed by atoms with Gasteiger partial charge in [-0.05, 0) is 18.2 Å². The van der Waals surface area contributed by atoms with Crippen LogP contribution in [0, 0.1) is 0 Å². The van der Waals surface area contributed by atoms with Crippen LogP contribution in [0.1, 0.15) is 0 Å². The molecule has 0 aliphatic carbocycles. The first kappa shape index (κ1) is 9.10. The molecule has 0 saturated heterocycles. The minimum atomic E-state index is 0.624. The highest BCUT2D eigenvalue weighted by atomic mass is 35.5. The lowest BCUT2D eigenvalue weighted by Gasteiger charge is -2.03. The second-order valence-electron chi connectivity index (χ2n) is 1.89. The van der Waals surface area contributed by atoms with Crippen LogP contribution in [-0.2, 0) is 0 Å². The lowest BCUT2D eigenvalue weighted by atomic mass is 10.3. The largest absolute Gasteiger partial charge is 0.495 e. The third kappa shape index (κ3) is 2.22. The quantitative estimate of drug-likeness (QED) is 0.588. The van der Waals surface area contributed by atoms with E-state index < -0.39 is 0 Å². The van der Waals surface area contributed by atoms with Crippen molar-refractivity contribution in [1.82, 2.24) is 0 Å². The summed E-state index contributed by atoms with van der Waals surface area (Å²) in [6, 6.07) is 5.53. The first-order chi connectivity index (χ1) is 5.27. The van der Waals surface area contributed by atoms with E-state index in [-0.39, 0.29) is 0 Å². The van der Waals surface area contributed by atoms with Crippen LogP contribution in [0.2, 0.25) is 5.02 Å². The van der Waals surface area contributed by atoms with Gasteiger partial charge in [0.15, 0.2) is 0 Å². The fraction of sp³-hybridized carbons (Fsp3) is 0.143. The van der Waals surface area contributed by atoms with Crippen LogP contribution in [0.4, 0.5) is 0 Å². The van der Waals surface area contributed by atoms with Crippen LogP contribution in [0.3, 0.4) is 0 Å².